The summed E-state index contributed by atoms with van der Waals surface area (Å²) in [5.41, 5.74) is 0. The summed E-state index contributed by atoms with van der Waals surface area (Å²) in [7, 11) is -1.96. The maximum atomic E-state index is 12.1. The molecule has 0 bridgehead atoms. The van der Waals surface area contributed by atoms with Crippen LogP contribution in [0.4, 0.5) is 10.9 Å². The van der Waals surface area contributed by atoms with E-state index in [1.165, 1.54) is 35.9 Å². The molecule has 2 rings (SSSR count). The largest absolute Gasteiger partial charge is 0.373 e. The quantitative estimate of drug-likeness (QED) is 0.884. The SMILES string of the molecule is CNc1cc(S(=O)(=O)Nc2ncc(Br)s2)ccn1. The Labute approximate surface area is 117 Å². The number of nitrogens with one attached hydrogen (secondary N) is 2. The van der Waals surface area contributed by atoms with Crippen LogP contribution >= 0.6 is 27.3 Å². The molecule has 2 N–H and O–H groups in total. The average molecular weight is 349 g/mol. The average Bonchev–Trinajstić information content (AvgIpc) is 2.74. The highest BCUT2D eigenvalue weighted by Crippen LogP contribution is 2.25. The van der Waals surface area contributed by atoms with Crippen LogP contribution in [0.15, 0.2) is 33.2 Å². The molecule has 0 spiro atoms. The molecule has 0 amide bonds. The maximum Gasteiger partial charge on any atom is 0.263 e. The van der Waals surface area contributed by atoms with Gasteiger partial charge in [0.1, 0.15) is 5.82 Å². The van der Waals surface area contributed by atoms with E-state index < -0.39 is 10.0 Å². The number of thiazole rings is 1. The third-order valence-electron chi connectivity index (χ3n) is 2.00. The van der Waals surface area contributed by atoms with Crippen LogP contribution in [0.2, 0.25) is 0 Å². The Balaban J connectivity index is 2.30. The Morgan fingerprint density at radius 1 is 1.39 bits per heavy atom. The van der Waals surface area contributed by atoms with Crippen molar-refractivity contribution < 1.29 is 8.42 Å². The highest BCUT2D eigenvalue weighted by molar-refractivity contribution is 9.11. The second-order valence-corrected chi connectivity index (χ2v) is 7.29. The van der Waals surface area contributed by atoms with Gasteiger partial charge in [0.2, 0.25) is 0 Å². The summed E-state index contributed by atoms with van der Waals surface area (Å²) in [6, 6.07) is 2.87. The lowest BCUT2D eigenvalue weighted by Crippen LogP contribution is -2.13. The molecule has 0 aliphatic carbocycles. The van der Waals surface area contributed by atoms with Gasteiger partial charge in [-0.25, -0.2) is 18.4 Å². The molecule has 0 radical (unpaired) electrons. The number of hydrogen-bond donors (Lipinski definition) is 2. The number of pyridine rings is 1. The lowest BCUT2D eigenvalue weighted by Gasteiger charge is -2.06. The Morgan fingerprint density at radius 3 is 2.78 bits per heavy atom. The van der Waals surface area contributed by atoms with E-state index >= 15 is 0 Å². The molecule has 0 aliphatic rings. The van der Waals surface area contributed by atoms with Crippen molar-refractivity contribution >= 4 is 48.2 Å². The van der Waals surface area contributed by atoms with Crippen molar-refractivity contribution in [1.82, 2.24) is 9.97 Å². The fourth-order valence-electron chi connectivity index (χ4n) is 1.19. The normalized spacial score (nSPS) is 11.2. The molecule has 0 saturated carbocycles. The lowest BCUT2D eigenvalue weighted by molar-refractivity contribution is 0.601. The van der Waals surface area contributed by atoms with E-state index in [1.807, 2.05) is 0 Å². The number of aromatic nitrogens is 2. The number of anilines is 2. The smallest absolute Gasteiger partial charge is 0.263 e. The van der Waals surface area contributed by atoms with Gasteiger partial charge < -0.3 is 5.32 Å². The molecule has 0 aliphatic heterocycles. The third kappa shape index (κ3) is 2.98. The zero-order valence-corrected chi connectivity index (χ0v) is 12.4. The van der Waals surface area contributed by atoms with E-state index in [1.54, 1.807) is 7.05 Å². The van der Waals surface area contributed by atoms with Gasteiger partial charge in [-0.15, -0.1) is 0 Å². The van der Waals surface area contributed by atoms with Gasteiger partial charge in [0, 0.05) is 19.3 Å². The van der Waals surface area contributed by atoms with E-state index in [4.69, 9.17) is 0 Å². The van der Waals surface area contributed by atoms with Crippen molar-refractivity contribution in [2.24, 2.45) is 0 Å². The molecular weight excluding hydrogens is 340 g/mol. The molecule has 0 fully saturated rings. The Bertz CT molecular complexity index is 656. The summed E-state index contributed by atoms with van der Waals surface area (Å²) in [4.78, 5) is 8.01. The van der Waals surface area contributed by atoms with Crippen LogP contribution in [0.5, 0.6) is 0 Å². The van der Waals surface area contributed by atoms with E-state index in [9.17, 15) is 8.42 Å². The Kier molecular flexibility index (Phi) is 3.83. The van der Waals surface area contributed by atoms with Crippen LogP contribution in [-0.2, 0) is 10.0 Å². The predicted molar refractivity (Wildman–Crippen MR) is 74.4 cm³/mol. The first kappa shape index (κ1) is 13.2. The second kappa shape index (κ2) is 5.21. The highest BCUT2D eigenvalue weighted by atomic mass is 79.9. The molecule has 0 aromatic carbocycles. The summed E-state index contributed by atoms with van der Waals surface area (Å²) in [5.74, 6) is 0.484. The maximum absolute atomic E-state index is 12.1. The standard InChI is InChI=1S/C9H9BrN4O2S2/c1-11-8-4-6(2-3-12-8)18(15,16)14-9-13-5-7(10)17-9/h2-5H,1H3,(H,11,12)(H,13,14). The molecule has 96 valence electrons. The zero-order valence-electron chi connectivity index (χ0n) is 9.21. The van der Waals surface area contributed by atoms with E-state index in [0.29, 0.717) is 10.9 Å². The van der Waals surface area contributed by atoms with Crippen LogP contribution < -0.4 is 10.0 Å². The van der Waals surface area contributed by atoms with Crippen molar-refractivity contribution in [1.29, 1.82) is 0 Å². The summed E-state index contributed by atoms with van der Waals surface area (Å²) in [5, 5.41) is 3.09. The van der Waals surface area contributed by atoms with Crippen LogP contribution in [-0.4, -0.2) is 25.4 Å². The summed E-state index contributed by atoms with van der Waals surface area (Å²) in [6.45, 7) is 0. The van der Waals surface area contributed by atoms with Crippen molar-refractivity contribution in [2.45, 2.75) is 4.90 Å². The fraction of sp³-hybridized carbons (Fsp3) is 0.111. The molecule has 18 heavy (non-hydrogen) atoms. The van der Waals surface area contributed by atoms with Crippen molar-refractivity contribution in [2.75, 3.05) is 17.1 Å². The molecular formula is C9H9BrN4O2S2. The van der Waals surface area contributed by atoms with Crippen LogP contribution in [0.3, 0.4) is 0 Å². The number of nitrogens with zero attached hydrogens (tertiary/aromatic N) is 2. The summed E-state index contributed by atoms with van der Waals surface area (Å²) >= 11 is 4.42. The van der Waals surface area contributed by atoms with Gasteiger partial charge in [0.15, 0.2) is 5.13 Å². The first-order valence-electron chi connectivity index (χ1n) is 4.79. The number of rotatable bonds is 4. The minimum atomic E-state index is -3.64. The van der Waals surface area contributed by atoms with Gasteiger partial charge in [-0.3, -0.25) is 4.72 Å². The number of hydrogen-bond acceptors (Lipinski definition) is 6. The van der Waals surface area contributed by atoms with Gasteiger partial charge in [-0.05, 0) is 22.0 Å². The predicted octanol–water partition coefficient (Wildman–Crippen LogP) is 2.14. The van der Waals surface area contributed by atoms with E-state index in [2.05, 4.69) is 35.9 Å². The molecule has 2 heterocycles. The van der Waals surface area contributed by atoms with Crippen molar-refractivity contribution in [3.8, 4) is 0 Å². The molecule has 0 saturated heterocycles. The van der Waals surface area contributed by atoms with Gasteiger partial charge >= 0.3 is 0 Å². The Morgan fingerprint density at radius 2 is 2.17 bits per heavy atom. The fourth-order valence-corrected chi connectivity index (χ4v) is 3.55. The second-order valence-electron chi connectivity index (χ2n) is 3.20. The number of halogens is 1. The van der Waals surface area contributed by atoms with Crippen molar-refractivity contribution in [3.63, 3.8) is 0 Å². The van der Waals surface area contributed by atoms with Gasteiger partial charge in [0.05, 0.1) is 14.9 Å². The monoisotopic (exact) mass is 348 g/mol. The van der Waals surface area contributed by atoms with Gasteiger partial charge in [0.25, 0.3) is 10.0 Å². The summed E-state index contributed by atoms with van der Waals surface area (Å²) < 4.78 is 27.3. The summed E-state index contributed by atoms with van der Waals surface area (Å²) in [6.07, 6.45) is 2.96. The topological polar surface area (TPSA) is 84.0 Å². The first-order valence-corrected chi connectivity index (χ1v) is 7.88. The Hall–Kier alpha value is -1.19. The van der Waals surface area contributed by atoms with Gasteiger partial charge in [-0.1, -0.05) is 11.3 Å². The minimum absolute atomic E-state index is 0.133. The molecule has 2 aromatic heterocycles. The van der Waals surface area contributed by atoms with Gasteiger partial charge in [-0.2, -0.15) is 0 Å². The minimum Gasteiger partial charge on any atom is -0.373 e. The van der Waals surface area contributed by atoms with Crippen LogP contribution in [0.25, 0.3) is 0 Å². The number of sulfonamides is 1. The zero-order chi connectivity index (χ0) is 13.2. The van der Waals surface area contributed by atoms with Crippen LogP contribution in [0, 0.1) is 0 Å². The molecule has 0 atom stereocenters. The van der Waals surface area contributed by atoms with E-state index in [0.717, 1.165) is 3.79 Å². The highest BCUT2D eigenvalue weighted by Gasteiger charge is 2.16. The van der Waals surface area contributed by atoms with Crippen LogP contribution in [0.1, 0.15) is 0 Å². The lowest BCUT2D eigenvalue weighted by atomic mass is 10.5. The molecule has 0 unspecified atom stereocenters. The van der Waals surface area contributed by atoms with Crippen molar-refractivity contribution in [3.05, 3.63) is 28.3 Å². The molecule has 6 nitrogen and oxygen atoms in total. The first-order chi connectivity index (χ1) is 8.51. The van der Waals surface area contributed by atoms with E-state index in [-0.39, 0.29) is 4.90 Å². The third-order valence-corrected chi connectivity index (χ3v) is 4.85. The molecule has 2 aromatic rings. The molecule has 9 heteroatoms.